The summed E-state index contributed by atoms with van der Waals surface area (Å²) in [4.78, 5) is 17.2. The van der Waals surface area contributed by atoms with Crippen molar-refractivity contribution in [2.24, 2.45) is 0 Å². The number of rotatable bonds is 4. The van der Waals surface area contributed by atoms with Gasteiger partial charge in [-0.1, -0.05) is 17.4 Å². The fourth-order valence-corrected chi connectivity index (χ4v) is 6.06. The second-order valence-electron chi connectivity index (χ2n) is 7.55. The van der Waals surface area contributed by atoms with Crippen molar-refractivity contribution in [3.05, 3.63) is 53.6 Å². The van der Waals surface area contributed by atoms with Gasteiger partial charge in [0.1, 0.15) is 0 Å². The molecule has 0 saturated carbocycles. The van der Waals surface area contributed by atoms with Crippen molar-refractivity contribution in [2.45, 2.75) is 37.9 Å². The Balaban J connectivity index is 1.50. The molecule has 3 aromatic rings. The van der Waals surface area contributed by atoms with Crippen molar-refractivity contribution < 1.29 is 17.9 Å². The fourth-order valence-electron chi connectivity index (χ4n) is 3.51. The third-order valence-electron chi connectivity index (χ3n) is 4.90. The van der Waals surface area contributed by atoms with E-state index in [0.717, 1.165) is 15.8 Å². The summed E-state index contributed by atoms with van der Waals surface area (Å²) in [5.41, 5.74) is 2.33. The highest BCUT2D eigenvalue weighted by atomic mass is 32.2. The van der Waals surface area contributed by atoms with Crippen LogP contribution in [0.3, 0.4) is 0 Å². The molecule has 0 bridgehead atoms. The summed E-state index contributed by atoms with van der Waals surface area (Å²) in [6.07, 6.45) is -0.322. The lowest BCUT2D eigenvalue weighted by Gasteiger charge is -2.34. The number of aryl methyl sites for hydroxylation is 1. The number of anilines is 1. The topological polar surface area (TPSA) is 88.6 Å². The summed E-state index contributed by atoms with van der Waals surface area (Å²) in [5.74, 6) is -0.330. The molecule has 4 rings (SSSR count). The Kier molecular flexibility index (Phi) is 5.63. The Morgan fingerprint density at radius 1 is 1.13 bits per heavy atom. The minimum absolute atomic E-state index is 0.161. The van der Waals surface area contributed by atoms with Crippen molar-refractivity contribution in [2.75, 3.05) is 18.4 Å². The number of sulfonamides is 1. The molecule has 1 fully saturated rings. The van der Waals surface area contributed by atoms with Crippen molar-refractivity contribution >= 4 is 42.6 Å². The number of carbonyl (C=O) groups is 1. The lowest BCUT2D eigenvalue weighted by Crippen LogP contribution is -2.48. The maximum absolute atomic E-state index is 12.9. The van der Waals surface area contributed by atoms with Crippen molar-refractivity contribution in [1.29, 1.82) is 0 Å². The van der Waals surface area contributed by atoms with E-state index in [9.17, 15) is 13.2 Å². The highest BCUT2D eigenvalue weighted by Gasteiger charge is 2.32. The van der Waals surface area contributed by atoms with Crippen LogP contribution in [0.2, 0.25) is 0 Å². The highest BCUT2D eigenvalue weighted by Crippen LogP contribution is 2.27. The van der Waals surface area contributed by atoms with Crippen LogP contribution in [0.15, 0.2) is 47.4 Å². The van der Waals surface area contributed by atoms with Gasteiger partial charge >= 0.3 is 0 Å². The van der Waals surface area contributed by atoms with Gasteiger partial charge in [-0.15, -0.1) is 0 Å². The van der Waals surface area contributed by atoms with Crippen LogP contribution in [0.1, 0.15) is 29.8 Å². The van der Waals surface area contributed by atoms with E-state index in [1.165, 1.54) is 39.9 Å². The average Bonchev–Trinajstić information content (AvgIpc) is 3.08. The molecule has 2 unspecified atom stereocenters. The summed E-state index contributed by atoms with van der Waals surface area (Å²) in [6, 6.07) is 11.9. The van der Waals surface area contributed by atoms with Crippen LogP contribution in [0.25, 0.3) is 10.2 Å². The molecule has 0 radical (unpaired) electrons. The zero-order chi connectivity index (χ0) is 21.5. The molecule has 7 nitrogen and oxygen atoms in total. The summed E-state index contributed by atoms with van der Waals surface area (Å²) in [6.45, 7) is 6.34. The number of hydrogen-bond acceptors (Lipinski definition) is 6. The molecular weight excluding hydrogens is 422 g/mol. The average molecular weight is 446 g/mol. The van der Waals surface area contributed by atoms with Gasteiger partial charge in [-0.05, 0) is 62.7 Å². The number of fused-ring (bicyclic) bond motifs is 1. The minimum Gasteiger partial charge on any atom is -0.373 e. The number of ether oxygens (including phenoxy) is 1. The molecule has 1 amide bonds. The zero-order valence-electron chi connectivity index (χ0n) is 17.0. The van der Waals surface area contributed by atoms with Gasteiger partial charge < -0.3 is 4.74 Å². The van der Waals surface area contributed by atoms with Gasteiger partial charge in [0.25, 0.3) is 5.91 Å². The summed E-state index contributed by atoms with van der Waals surface area (Å²) in [5, 5.41) is 3.30. The van der Waals surface area contributed by atoms with Crippen LogP contribution in [0, 0.1) is 6.92 Å². The number of benzene rings is 2. The molecule has 2 heterocycles. The second kappa shape index (κ2) is 8.07. The van der Waals surface area contributed by atoms with Crippen molar-refractivity contribution in [3.63, 3.8) is 0 Å². The minimum atomic E-state index is -3.64. The van der Waals surface area contributed by atoms with Gasteiger partial charge in [0.2, 0.25) is 10.0 Å². The van der Waals surface area contributed by atoms with Gasteiger partial charge in [-0.25, -0.2) is 13.4 Å². The molecule has 0 aliphatic carbocycles. The van der Waals surface area contributed by atoms with Crippen LogP contribution in [-0.4, -0.2) is 48.9 Å². The molecule has 9 heteroatoms. The monoisotopic (exact) mass is 445 g/mol. The first-order valence-corrected chi connectivity index (χ1v) is 11.9. The Hall–Kier alpha value is -2.33. The summed E-state index contributed by atoms with van der Waals surface area (Å²) < 4.78 is 33.9. The second-order valence-corrected chi connectivity index (χ2v) is 10.5. The summed E-state index contributed by atoms with van der Waals surface area (Å²) >= 11 is 1.40. The van der Waals surface area contributed by atoms with E-state index in [2.05, 4.69) is 10.3 Å². The van der Waals surface area contributed by atoms with E-state index in [0.29, 0.717) is 23.8 Å². The van der Waals surface area contributed by atoms with Crippen LogP contribution >= 0.6 is 11.3 Å². The molecule has 158 valence electrons. The zero-order valence-corrected chi connectivity index (χ0v) is 18.6. The molecule has 1 saturated heterocycles. The number of hydrogen-bond donors (Lipinski definition) is 1. The maximum atomic E-state index is 12.9. The number of nitrogens with one attached hydrogen (secondary N) is 1. The number of amides is 1. The molecule has 0 spiro atoms. The molecule has 2 aromatic carbocycles. The van der Waals surface area contributed by atoms with Crippen LogP contribution in [0.4, 0.5) is 5.13 Å². The number of thiazole rings is 1. The third kappa shape index (κ3) is 4.24. The predicted molar refractivity (Wildman–Crippen MR) is 118 cm³/mol. The molecule has 1 N–H and O–H groups in total. The lowest BCUT2D eigenvalue weighted by molar-refractivity contribution is -0.0440. The van der Waals surface area contributed by atoms with Gasteiger partial charge in [0.15, 0.2) is 5.13 Å². The first-order valence-electron chi connectivity index (χ1n) is 9.66. The van der Waals surface area contributed by atoms with Crippen molar-refractivity contribution in [1.82, 2.24) is 9.29 Å². The standard InChI is InChI=1S/C21H23N3O4S2/c1-13-4-9-18-19(10-13)29-21(22-18)23-20(25)16-5-7-17(8-6-16)30(26,27)24-11-14(2)28-15(3)12-24/h4-10,14-15H,11-12H2,1-3H3,(H,22,23,25). The SMILES string of the molecule is Cc1ccc2nc(NC(=O)c3ccc(S(=O)(=O)N4CC(C)OC(C)C4)cc3)sc2c1. The van der Waals surface area contributed by atoms with Gasteiger partial charge in [0.05, 0.1) is 27.3 Å². The maximum Gasteiger partial charge on any atom is 0.257 e. The highest BCUT2D eigenvalue weighted by molar-refractivity contribution is 7.89. The van der Waals surface area contributed by atoms with Crippen LogP contribution < -0.4 is 5.32 Å². The number of nitrogens with zero attached hydrogens (tertiary/aromatic N) is 2. The Morgan fingerprint density at radius 3 is 2.47 bits per heavy atom. The van der Waals surface area contributed by atoms with Gasteiger partial charge in [0, 0.05) is 18.7 Å². The van der Waals surface area contributed by atoms with E-state index >= 15 is 0 Å². The van der Waals surface area contributed by atoms with E-state index < -0.39 is 10.0 Å². The molecule has 30 heavy (non-hydrogen) atoms. The number of aromatic nitrogens is 1. The first-order chi connectivity index (χ1) is 14.2. The lowest BCUT2D eigenvalue weighted by atomic mass is 10.2. The molecule has 2 atom stereocenters. The first kappa shape index (κ1) is 20.9. The third-order valence-corrected chi connectivity index (χ3v) is 7.68. The Labute approximate surface area is 179 Å². The van der Waals surface area contributed by atoms with Crippen LogP contribution in [-0.2, 0) is 14.8 Å². The molecule has 1 aliphatic heterocycles. The van der Waals surface area contributed by atoms with E-state index in [1.807, 2.05) is 39.0 Å². The Bertz CT molecular complexity index is 1180. The van der Waals surface area contributed by atoms with E-state index in [-0.39, 0.29) is 23.0 Å². The number of carbonyl (C=O) groups excluding carboxylic acids is 1. The predicted octanol–water partition coefficient (Wildman–Crippen LogP) is 3.65. The van der Waals surface area contributed by atoms with Crippen LogP contribution in [0.5, 0.6) is 0 Å². The van der Waals surface area contributed by atoms with Crippen molar-refractivity contribution in [3.8, 4) is 0 Å². The normalized spacial score (nSPS) is 20.4. The molecule has 1 aromatic heterocycles. The van der Waals surface area contributed by atoms with E-state index in [1.54, 1.807) is 0 Å². The van der Waals surface area contributed by atoms with Gasteiger partial charge in [-0.3, -0.25) is 10.1 Å². The fraction of sp³-hybridized carbons (Fsp3) is 0.333. The Morgan fingerprint density at radius 2 is 1.80 bits per heavy atom. The molecule has 1 aliphatic rings. The quantitative estimate of drug-likeness (QED) is 0.662. The largest absolute Gasteiger partial charge is 0.373 e. The smallest absolute Gasteiger partial charge is 0.257 e. The summed E-state index contributed by atoms with van der Waals surface area (Å²) in [7, 11) is -3.64. The molecular formula is C21H23N3O4S2. The van der Waals surface area contributed by atoms with E-state index in [4.69, 9.17) is 4.74 Å². The van der Waals surface area contributed by atoms with Gasteiger partial charge in [-0.2, -0.15) is 4.31 Å². The number of morpholine rings is 1.